The lowest BCUT2D eigenvalue weighted by molar-refractivity contribution is -0.122. The fourth-order valence-electron chi connectivity index (χ4n) is 2.58. The number of benzene rings is 2. The topological polar surface area (TPSA) is 60.5 Å². The van der Waals surface area contributed by atoms with Crippen LogP contribution in [0.4, 0.5) is 5.13 Å². The number of rotatable bonds is 5. The number of nitrogens with zero attached hydrogens (tertiary/aromatic N) is 1. The van der Waals surface area contributed by atoms with Gasteiger partial charge in [0.25, 0.3) is 5.91 Å². The van der Waals surface area contributed by atoms with Crippen molar-refractivity contribution in [3.8, 4) is 11.5 Å². The summed E-state index contributed by atoms with van der Waals surface area (Å²) in [5, 5.41) is 3.37. The standard InChI is InChI=1S/C21H24N2O3S/c1-13(26-15-8-6-14(7-9-15)21(2,3)4)19(24)23-20-22-17-11-10-16(25-5)12-18(17)27-20/h6-13H,1-5H3,(H,22,23,24)/t13-/m1/s1. The molecule has 27 heavy (non-hydrogen) atoms. The Kier molecular flexibility index (Phi) is 5.37. The van der Waals surface area contributed by atoms with Crippen LogP contribution in [0.3, 0.4) is 0 Å². The lowest BCUT2D eigenvalue weighted by atomic mass is 9.87. The summed E-state index contributed by atoms with van der Waals surface area (Å²) in [6.07, 6.45) is -0.632. The third kappa shape index (κ3) is 4.57. The average molecular weight is 385 g/mol. The van der Waals surface area contributed by atoms with E-state index in [9.17, 15) is 4.79 Å². The van der Waals surface area contributed by atoms with Crippen LogP contribution in [0.1, 0.15) is 33.3 Å². The molecule has 0 aliphatic rings. The number of hydrogen-bond donors (Lipinski definition) is 1. The minimum Gasteiger partial charge on any atom is -0.497 e. The van der Waals surface area contributed by atoms with Gasteiger partial charge in [-0.05, 0) is 48.2 Å². The van der Waals surface area contributed by atoms with Gasteiger partial charge < -0.3 is 9.47 Å². The van der Waals surface area contributed by atoms with Crippen molar-refractivity contribution < 1.29 is 14.3 Å². The third-order valence-electron chi connectivity index (χ3n) is 4.23. The predicted molar refractivity (Wildman–Crippen MR) is 110 cm³/mol. The van der Waals surface area contributed by atoms with Gasteiger partial charge in [-0.1, -0.05) is 44.2 Å². The first-order valence-electron chi connectivity index (χ1n) is 8.79. The van der Waals surface area contributed by atoms with E-state index in [1.54, 1.807) is 14.0 Å². The first-order chi connectivity index (χ1) is 12.8. The highest BCUT2D eigenvalue weighted by Gasteiger charge is 2.18. The molecule has 6 heteroatoms. The van der Waals surface area contributed by atoms with Gasteiger partial charge in [-0.2, -0.15) is 0 Å². The second-order valence-corrected chi connectivity index (χ2v) is 8.41. The number of methoxy groups -OCH3 is 1. The molecule has 0 saturated heterocycles. The number of ether oxygens (including phenoxy) is 2. The maximum Gasteiger partial charge on any atom is 0.266 e. The molecular weight excluding hydrogens is 360 g/mol. The molecule has 0 unspecified atom stereocenters. The quantitative estimate of drug-likeness (QED) is 0.672. The van der Waals surface area contributed by atoms with Gasteiger partial charge in [0.15, 0.2) is 11.2 Å². The maximum absolute atomic E-state index is 12.4. The summed E-state index contributed by atoms with van der Waals surface area (Å²) in [5.74, 6) is 1.19. The Balaban J connectivity index is 1.65. The number of fused-ring (bicyclic) bond motifs is 1. The van der Waals surface area contributed by atoms with Crippen LogP contribution in [0.5, 0.6) is 11.5 Å². The number of anilines is 1. The molecule has 1 heterocycles. The Labute approximate surface area is 163 Å². The van der Waals surface area contributed by atoms with E-state index in [4.69, 9.17) is 9.47 Å². The highest BCUT2D eigenvalue weighted by Crippen LogP contribution is 2.29. The average Bonchev–Trinajstić information content (AvgIpc) is 3.02. The van der Waals surface area contributed by atoms with Crippen LogP contribution in [0.2, 0.25) is 0 Å². The van der Waals surface area contributed by atoms with Crippen molar-refractivity contribution in [1.29, 1.82) is 0 Å². The van der Waals surface area contributed by atoms with E-state index in [0.717, 1.165) is 16.0 Å². The molecule has 142 valence electrons. The van der Waals surface area contributed by atoms with Crippen LogP contribution in [0.15, 0.2) is 42.5 Å². The van der Waals surface area contributed by atoms with Crippen molar-refractivity contribution in [2.75, 3.05) is 12.4 Å². The molecule has 3 rings (SSSR count). The maximum atomic E-state index is 12.4. The van der Waals surface area contributed by atoms with E-state index in [1.165, 1.54) is 16.9 Å². The molecule has 2 aromatic carbocycles. The minimum atomic E-state index is -0.632. The Morgan fingerprint density at radius 3 is 2.41 bits per heavy atom. The SMILES string of the molecule is COc1ccc2nc(NC(=O)[C@@H](C)Oc3ccc(C(C)(C)C)cc3)sc2c1. The van der Waals surface area contributed by atoms with Crippen LogP contribution in [-0.4, -0.2) is 24.1 Å². The van der Waals surface area contributed by atoms with E-state index >= 15 is 0 Å². The largest absolute Gasteiger partial charge is 0.497 e. The molecule has 1 N–H and O–H groups in total. The number of hydrogen-bond acceptors (Lipinski definition) is 5. The molecule has 0 radical (unpaired) electrons. The number of carbonyl (C=O) groups excluding carboxylic acids is 1. The zero-order chi connectivity index (χ0) is 19.6. The molecule has 0 bridgehead atoms. The normalized spacial score (nSPS) is 12.6. The number of carbonyl (C=O) groups is 1. The third-order valence-corrected chi connectivity index (χ3v) is 5.16. The minimum absolute atomic E-state index is 0.0804. The summed E-state index contributed by atoms with van der Waals surface area (Å²) in [6, 6.07) is 13.5. The summed E-state index contributed by atoms with van der Waals surface area (Å²) in [4.78, 5) is 16.9. The van der Waals surface area contributed by atoms with Crippen LogP contribution < -0.4 is 14.8 Å². The van der Waals surface area contributed by atoms with Crippen LogP contribution in [0, 0.1) is 0 Å². The molecule has 0 fully saturated rings. The highest BCUT2D eigenvalue weighted by atomic mass is 32.1. The molecule has 1 atom stereocenters. The number of nitrogens with one attached hydrogen (secondary N) is 1. The first kappa shape index (κ1) is 19.2. The zero-order valence-corrected chi connectivity index (χ0v) is 17.0. The van der Waals surface area contributed by atoms with E-state index in [1.807, 2.05) is 42.5 Å². The Bertz CT molecular complexity index is 942. The van der Waals surface area contributed by atoms with E-state index in [2.05, 4.69) is 31.1 Å². The lowest BCUT2D eigenvalue weighted by Crippen LogP contribution is -2.30. The van der Waals surface area contributed by atoms with Gasteiger partial charge in [-0.15, -0.1) is 0 Å². The van der Waals surface area contributed by atoms with Gasteiger partial charge in [0.2, 0.25) is 0 Å². The van der Waals surface area contributed by atoms with Crippen LogP contribution >= 0.6 is 11.3 Å². The summed E-state index contributed by atoms with van der Waals surface area (Å²) in [6.45, 7) is 8.20. The van der Waals surface area contributed by atoms with Crippen molar-refractivity contribution in [2.45, 2.75) is 39.2 Å². The summed E-state index contributed by atoms with van der Waals surface area (Å²) in [7, 11) is 1.62. The monoisotopic (exact) mass is 384 g/mol. The fourth-order valence-corrected chi connectivity index (χ4v) is 3.48. The molecule has 0 aliphatic heterocycles. The Morgan fingerprint density at radius 2 is 1.78 bits per heavy atom. The number of thiazole rings is 1. The van der Waals surface area contributed by atoms with Gasteiger partial charge in [0.1, 0.15) is 11.5 Å². The van der Waals surface area contributed by atoms with Crippen molar-refractivity contribution in [3.05, 3.63) is 48.0 Å². The zero-order valence-electron chi connectivity index (χ0n) is 16.2. The molecule has 1 amide bonds. The second-order valence-electron chi connectivity index (χ2n) is 7.38. The lowest BCUT2D eigenvalue weighted by Gasteiger charge is -2.20. The van der Waals surface area contributed by atoms with E-state index in [-0.39, 0.29) is 11.3 Å². The predicted octanol–water partition coefficient (Wildman–Crippen LogP) is 5.01. The number of aromatic nitrogens is 1. The van der Waals surface area contributed by atoms with E-state index in [0.29, 0.717) is 10.9 Å². The molecule has 0 saturated carbocycles. The van der Waals surface area contributed by atoms with Crippen molar-refractivity contribution in [2.24, 2.45) is 0 Å². The molecule has 3 aromatic rings. The van der Waals surface area contributed by atoms with Crippen LogP contribution in [0.25, 0.3) is 10.2 Å². The van der Waals surface area contributed by atoms with Crippen molar-refractivity contribution in [3.63, 3.8) is 0 Å². The van der Waals surface area contributed by atoms with Crippen molar-refractivity contribution >= 4 is 32.6 Å². The smallest absolute Gasteiger partial charge is 0.266 e. The molecular formula is C21H24N2O3S. The highest BCUT2D eigenvalue weighted by molar-refractivity contribution is 7.22. The van der Waals surface area contributed by atoms with Gasteiger partial charge in [-0.25, -0.2) is 4.98 Å². The molecule has 5 nitrogen and oxygen atoms in total. The summed E-state index contributed by atoms with van der Waals surface area (Å²) in [5.41, 5.74) is 2.12. The fraction of sp³-hybridized carbons (Fsp3) is 0.333. The van der Waals surface area contributed by atoms with E-state index < -0.39 is 6.10 Å². The van der Waals surface area contributed by atoms with Crippen molar-refractivity contribution in [1.82, 2.24) is 4.98 Å². The van der Waals surface area contributed by atoms with Gasteiger partial charge >= 0.3 is 0 Å². The Morgan fingerprint density at radius 1 is 1.11 bits per heavy atom. The van der Waals surface area contributed by atoms with Gasteiger partial charge in [0.05, 0.1) is 17.3 Å². The molecule has 1 aromatic heterocycles. The molecule has 0 aliphatic carbocycles. The first-order valence-corrected chi connectivity index (χ1v) is 9.60. The Hall–Kier alpha value is -2.60. The second kappa shape index (κ2) is 7.56. The summed E-state index contributed by atoms with van der Waals surface area (Å²) < 4.78 is 11.9. The summed E-state index contributed by atoms with van der Waals surface area (Å²) >= 11 is 1.40. The van der Waals surface area contributed by atoms with Gasteiger partial charge in [0, 0.05) is 0 Å². The number of amides is 1. The van der Waals surface area contributed by atoms with Gasteiger partial charge in [-0.3, -0.25) is 10.1 Å². The van der Waals surface area contributed by atoms with Crippen LogP contribution in [-0.2, 0) is 10.2 Å². The molecule has 0 spiro atoms.